The molecule has 0 unspecified atom stereocenters. The van der Waals surface area contributed by atoms with Crippen LogP contribution in [0.15, 0.2) is 36.4 Å². The number of carbonyl (C=O) groups is 2. The Morgan fingerprint density at radius 3 is 2.59 bits per heavy atom. The molecule has 1 atom stereocenters. The van der Waals surface area contributed by atoms with Crippen molar-refractivity contribution < 1.29 is 18.7 Å². The van der Waals surface area contributed by atoms with Crippen LogP contribution < -0.4 is 0 Å². The van der Waals surface area contributed by atoms with Crippen LogP contribution in [0.25, 0.3) is 0 Å². The molecule has 0 saturated carbocycles. The molecule has 27 heavy (non-hydrogen) atoms. The summed E-state index contributed by atoms with van der Waals surface area (Å²) in [5.74, 6) is -0.632. The number of ether oxygens (including phenoxy) is 1. The van der Waals surface area contributed by atoms with Crippen LogP contribution in [-0.4, -0.2) is 36.5 Å². The molecule has 144 valence electrons. The fourth-order valence-electron chi connectivity index (χ4n) is 3.67. The van der Waals surface area contributed by atoms with E-state index in [1.54, 1.807) is 24.0 Å². The molecule has 2 heterocycles. The van der Waals surface area contributed by atoms with Gasteiger partial charge in [-0.15, -0.1) is 11.3 Å². The van der Waals surface area contributed by atoms with Crippen molar-refractivity contribution in [3.8, 4) is 0 Å². The van der Waals surface area contributed by atoms with Crippen molar-refractivity contribution in [2.75, 3.05) is 19.7 Å². The van der Waals surface area contributed by atoms with E-state index < -0.39 is 5.41 Å². The Bertz CT molecular complexity index is 817. The van der Waals surface area contributed by atoms with Gasteiger partial charge in [0, 0.05) is 18.0 Å². The van der Waals surface area contributed by atoms with Gasteiger partial charge in [-0.2, -0.15) is 0 Å². The Hall–Kier alpha value is -2.21. The van der Waals surface area contributed by atoms with Crippen LogP contribution in [0.1, 0.15) is 39.9 Å². The van der Waals surface area contributed by atoms with Crippen molar-refractivity contribution in [1.29, 1.82) is 0 Å². The lowest BCUT2D eigenvalue weighted by atomic mass is 9.75. The quantitative estimate of drug-likeness (QED) is 0.719. The molecular formula is C21H24FNO3S. The van der Waals surface area contributed by atoms with E-state index in [4.69, 9.17) is 4.74 Å². The minimum Gasteiger partial charge on any atom is -0.466 e. The first kappa shape index (κ1) is 19.5. The Morgan fingerprint density at radius 1 is 1.22 bits per heavy atom. The third-order valence-electron chi connectivity index (χ3n) is 4.98. The van der Waals surface area contributed by atoms with Gasteiger partial charge < -0.3 is 9.64 Å². The molecular weight excluding hydrogens is 365 g/mol. The van der Waals surface area contributed by atoms with Crippen LogP contribution in [0.2, 0.25) is 0 Å². The minimum absolute atomic E-state index is 0.0411. The highest BCUT2D eigenvalue weighted by atomic mass is 32.1. The van der Waals surface area contributed by atoms with Gasteiger partial charge in [-0.1, -0.05) is 12.1 Å². The predicted molar refractivity (Wildman–Crippen MR) is 103 cm³/mol. The molecule has 1 aliphatic heterocycles. The molecule has 0 aliphatic carbocycles. The van der Waals surface area contributed by atoms with Crippen LogP contribution in [0.3, 0.4) is 0 Å². The number of benzene rings is 1. The molecule has 0 radical (unpaired) electrons. The van der Waals surface area contributed by atoms with Crippen LogP contribution in [0.5, 0.6) is 0 Å². The van der Waals surface area contributed by atoms with E-state index in [1.165, 1.54) is 23.5 Å². The molecule has 2 aromatic rings. The smallest absolute Gasteiger partial charge is 0.314 e. The van der Waals surface area contributed by atoms with Gasteiger partial charge in [0.25, 0.3) is 5.91 Å². The van der Waals surface area contributed by atoms with Crippen molar-refractivity contribution in [3.05, 3.63) is 57.5 Å². The van der Waals surface area contributed by atoms with Crippen molar-refractivity contribution >= 4 is 23.2 Å². The number of aryl methyl sites for hydroxylation is 1. The zero-order valence-corrected chi connectivity index (χ0v) is 16.5. The summed E-state index contributed by atoms with van der Waals surface area (Å²) in [4.78, 5) is 29.3. The molecule has 3 rings (SSSR count). The van der Waals surface area contributed by atoms with Crippen molar-refractivity contribution in [1.82, 2.24) is 4.90 Å². The molecule has 1 aromatic heterocycles. The molecule has 1 aromatic carbocycles. The molecule has 1 fully saturated rings. The first-order valence-electron chi connectivity index (χ1n) is 9.21. The summed E-state index contributed by atoms with van der Waals surface area (Å²) in [7, 11) is 0. The molecule has 1 saturated heterocycles. The fraction of sp³-hybridized carbons (Fsp3) is 0.429. The Kier molecular flexibility index (Phi) is 5.95. The predicted octanol–water partition coefficient (Wildman–Crippen LogP) is 4.22. The lowest BCUT2D eigenvalue weighted by molar-refractivity contribution is -0.158. The van der Waals surface area contributed by atoms with Gasteiger partial charge in [0.2, 0.25) is 0 Å². The number of hydrogen-bond acceptors (Lipinski definition) is 4. The second-order valence-corrected chi connectivity index (χ2v) is 8.33. The Morgan fingerprint density at radius 2 is 1.96 bits per heavy atom. The van der Waals surface area contributed by atoms with E-state index >= 15 is 0 Å². The Labute approximate surface area is 162 Å². The van der Waals surface area contributed by atoms with E-state index in [1.807, 2.05) is 19.1 Å². The molecule has 1 amide bonds. The van der Waals surface area contributed by atoms with E-state index in [-0.39, 0.29) is 17.7 Å². The molecule has 0 spiro atoms. The maximum Gasteiger partial charge on any atom is 0.314 e. The van der Waals surface area contributed by atoms with Crippen LogP contribution in [0, 0.1) is 18.2 Å². The summed E-state index contributed by atoms with van der Waals surface area (Å²) in [5.41, 5.74) is 0.0688. The molecule has 0 N–H and O–H groups in total. The van der Waals surface area contributed by atoms with Gasteiger partial charge in [0.1, 0.15) is 5.82 Å². The lowest BCUT2D eigenvalue weighted by Gasteiger charge is -2.41. The number of esters is 1. The number of likely N-dealkylation sites (tertiary alicyclic amines) is 1. The fourth-order valence-corrected chi connectivity index (χ4v) is 4.51. The third kappa shape index (κ3) is 4.38. The van der Waals surface area contributed by atoms with Gasteiger partial charge in [0.05, 0.1) is 16.9 Å². The molecule has 4 nitrogen and oxygen atoms in total. The van der Waals surface area contributed by atoms with Gasteiger partial charge in [0.15, 0.2) is 0 Å². The molecule has 1 aliphatic rings. The zero-order valence-electron chi connectivity index (χ0n) is 15.7. The second-order valence-electron chi connectivity index (χ2n) is 7.04. The van der Waals surface area contributed by atoms with Crippen molar-refractivity contribution in [2.45, 2.75) is 33.1 Å². The number of piperidine rings is 1. The van der Waals surface area contributed by atoms with Gasteiger partial charge in [-0.05, 0) is 62.9 Å². The first-order valence-corrected chi connectivity index (χ1v) is 10.0. The summed E-state index contributed by atoms with van der Waals surface area (Å²) in [5, 5.41) is 0. The largest absolute Gasteiger partial charge is 0.466 e. The lowest BCUT2D eigenvalue weighted by Crippen LogP contribution is -2.51. The van der Waals surface area contributed by atoms with Crippen LogP contribution in [0.4, 0.5) is 4.39 Å². The Balaban J connectivity index is 1.86. The highest BCUT2D eigenvalue weighted by Gasteiger charge is 2.45. The SMILES string of the molecule is CCOC(=O)[C@@]1(Cc2ccc(F)cc2)CCCN(C(=O)c2ccc(C)s2)C1. The van der Waals surface area contributed by atoms with Crippen molar-refractivity contribution in [2.24, 2.45) is 5.41 Å². The second kappa shape index (κ2) is 8.21. The van der Waals surface area contributed by atoms with E-state index in [9.17, 15) is 14.0 Å². The number of carbonyl (C=O) groups excluding carboxylic acids is 2. The highest BCUT2D eigenvalue weighted by Crippen LogP contribution is 2.36. The summed E-state index contributed by atoms with van der Waals surface area (Å²) in [6, 6.07) is 9.95. The first-order chi connectivity index (χ1) is 12.9. The van der Waals surface area contributed by atoms with E-state index in [0.717, 1.165) is 16.9 Å². The number of hydrogen-bond donors (Lipinski definition) is 0. The topological polar surface area (TPSA) is 46.6 Å². The monoisotopic (exact) mass is 389 g/mol. The van der Waals surface area contributed by atoms with E-state index in [0.29, 0.717) is 37.4 Å². The third-order valence-corrected chi connectivity index (χ3v) is 5.97. The average molecular weight is 389 g/mol. The number of thiophene rings is 1. The minimum atomic E-state index is -0.798. The van der Waals surface area contributed by atoms with E-state index in [2.05, 4.69) is 0 Å². The van der Waals surface area contributed by atoms with Gasteiger partial charge in [-0.3, -0.25) is 9.59 Å². The number of amides is 1. The van der Waals surface area contributed by atoms with Crippen LogP contribution >= 0.6 is 11.3 Å². The number of rotatable bonds is 5. The standard InChI is InChI=1S/C21H24FNO3S/c1-3-26-20(25)21(13-16-6-8-17(22)9-7-16)11-4-12-23(14-21)19(24)18-10-5-15(2)27-18/h5-10H,3-4,11-14H2,1-2H3/t21-/m1/s1. The van der Waals surface area contributed by atoms with Gasteiger partial charge >= 0.3 is 5.97 Å². The van der Waals surface area contributed by atoms with Gasteiger partial charge in [-0.25, -0.2) is 4.39 Å². The maximum atomic E-state index is 13.3. The maximum absolute atomic E-state index is 13.3. The zero-order chi connectivity index (χ0) is 19.4. The summed E-state index contributed by atoms with van der Waals surface area (Å²) < 4.78 is 18.6. The number of nitrogens with zero attached hydrogens (tertiary/aromatic N) is 1. The average Bonchev–Trinajstić information content (AvgIpc) is 3.10. The summed E-state index contributed by atoms with van der Waals surface area (Å²) in [6.45, 7) is 4.99. The van der Waals surface area contributed by atoms with Crippen LogP contribution in [-0.2, 0) is 16.0 Å². The van der Waals surface area contributed by atoms with Crippen molar-refractivity contribution in [3.63, 3.8) is 0 Å². The summed E-state index contributed by atoms with van der Waals surface area (Å²) in [6.07, 6.45) is 1.81. The molecule has 6 heteroatoms. The number of halogens is 1. The normalized spacial score (nSPS) is 19.7. The highest BCUT2D eigenvalue weighted by molar-refractivity contribution is 7.13. The summed E-state index contributed by atoms with van der Waals surface area (Å²) >= 11 is 1.46. The molecule has 0 bridgehead atoms.